The van der Waals surface area contributed by atoms with Crippen molar-refractivity contribution in [2.45, 2.75) is 13.1 Å². The molecule has 3 aromatic rings. The Morgan fingerprint density at radius 1 is 1.00 bits per heavy atom. The van der Waals surface area contributed by atoms with Crippen molar-refractivity contribution in [1.82, 2.24) is 14.9 Å². The highest BCUT2D eigenvalue weighted by Gasteiger charge is 2.21. The van der Waals surface area contributed by atoms with E-state index in [2.05, 4.69) is 84.3 Å². The van der Waals surface area contributed by atoms with Gasteiger partial charge in [0.15, 0.2) is 0 Å². The van der Waals surface area contributed by atoms with Crippen molar-refractivity contribution in [3.8, 4) is 11.4 Å². The average Bonchev–Trinajstić information content (AvgIpc) is 3.03. The molecule has 120 valence electrons. The highest BCUT2D eigenvalue weighted by Crippen LogP contribution is 2.32. The number of nitrogens with one attached hydrogen (secondary N) is 1. The molecule has 0 aliphatic carbocycles. The Kier molecular flexibility index (Phi) is 4.29. The van der Waals surface area contributed by atoms with Crippen molar-refractivity contribution in [3.63, 3.8) is 0 Å². The minimum atomic E-state index is 0.795. The lowest BCUT2D eigenvalue weighted by atomic mass is 10.2. The minimum absolute atomic E-state index is 0.795. The number of H-pyrrole nitrogens is 1. The molecule has 5 heteroatoms. The summed E-state index contributed by atoms with van der Waals surface area (Å²) < 4.78 is 2.14. The number of aromatic amines is 1. The van der Waals surface area contributed by atoms with Crippen LogP contribution < -0.4 is 0 Å². The third kappa shape index (κ3) is 3.19. The Labute approximate surface area is 157 Å². The molecule has 24 heavy (non-hydrogen) atoms. The summed E-state index contributed by atoms with van der Waals surface area (Å²) in [6, 6.07) is 18.6. The number of halogens is 2. The van der Waals surface area contributed by atoms with E-state index in [9.17, 15) is 0 Å². The van der Waals surface area contributed by atoms with Gasteiger partial charge in [-0.15, -0.1) is 0 Å². The van der Waals surface area contributed by atoms with Gasteiger partial charge in [-0.25, -0.2) is 4.98 Å². The van der Waals surface area contributed by atoms with Crippen LogP contribution in [0.15, 0.2) is 65.3 Å². The number of fused-ring (bicyclic) bond motifs is 1. The summed E-state index contributed by atoms with van der Waals surface area (Å²) in [5.41, 5.74) is 4.52. The van der Waals surface area contributed by atoms with Gasteiger partial charge in [0.1, 0.15) is 5.82 Å². The summed E-state index contributed by atoms with van der Waals surface area (Å²) in [5, 5.41) is 0. The number of nitrogens with zero attached hydrogens (tertiary/aromatic N) is 2. The van der Waals surface area contributed by atoms with Gasteiger partial charge in [0.2, 0.25) is 0 Å². The lowest BCUT2D eigenvalue weighted by Gasteiger charge is -2.24. The summed E-state index contributed by atoms with van der Waals surface area (Å²) in [7, 11) is 0. The molecule has 1 aromatic heterocycles. The quantitative estimate of drug-likeness (QED) is 0.574. The number of hydrogen-bond donors (Lipinski definition) is 1. The van der Waals surface area contributed by atoms with Gasteiger partial charge in [-0.05, 0) is 33.6 Å². The molecule has 4 rings (SSSR count). The summed E-state index contributed by atoms with van der Waals surface area (Å²) in [5.74, 6) is 0.913. The number of rotatable bonds is 3. The van der Waals surface area contributed by atoms with Crippen molar-refractivity contribution in [1.29, 1.82) is 0 Å². The van der Waals surface area contributed by atoms with Crippen LogP contribution in [0.3, 0.4) is 0 Å². The molecule has 0 spiro atoms. The van der Waals surface area contributed by atoms with Gasteiger partial charge in [0.25, 0.3) is 0 Å². The Hall–Kier alpha value is -1.85. The highest BCUT2D eigenvalue weighted by molar-refractivity contribution is 9.15. The standard InChI is InChI=1S/C19H15Br2N3/c20-15-8-6-13(7-9-15)10-24-11-16(21)18-17(12-24)22-19(23-18)14-4-2-1-3-5-14/h1-9,11H,10,12H2,(H,22,23). The maximum Gasteiger partial charge on any atom is 0.138 e. The fourth-order valence-electron chi connectivity index (χ4n) is 2.84. The van der Waals surface area contributed by atoms with E-state index >= 15 is 0 Å². The van der Waals surface area contributed by atoms with Crippen LogP contribution in [0.4, 0.5) is 0 Å². The molecule has 0 atom stereocenters. The number of benzene rings is 2. The van der Waals surface area contributed by atoms with E-state index in [1.165, 1.54) is 5.56 Å². The SMILES string of the molecule is BrC1=CN(Cc2ccc(Br)cc2)Cc2nc(-c3ccccc3)[nH]c21. The van der Waals surface area contributed by atoms with Crippen molar-refractivity contribution in [3.05, 3.63) is 82.2 Å². The summed E-state index contributed by atoms with van der Waals surface area (Å²) >= 11 is 7.16. The lowest BCUT2D eigenvalue weighted by Crippen LogP contribution is -2.20. The normalized spacial score (nSPS) is 13.6. The molecular weight excluding hydrogens is 430 g/mol. The van der Waals surface area contributed by atoms with Gasteiger partial charge < -0.3 is 9.88 Å². The molecule has 1 aliphatic heterocycles. The zero-order valence-electron chi connectivity index (χ0n) is 12.8. The van der Waals surface area contributed by atoms with E-state index < -0.39 is 0 Å². The number of imidazole rings is 1. The lowest BCUT2D eigenvalue weighted by molar-refractivity contribution is 0.355. The van der Waals surface area contributed by atoms with Gasteiger partial charge >= 0.3 is 0 Å². The van der Waals surface area contributed by atoms with Crippen molar-refractivity contribution >= 4 is 36.3 Å². The molecule has 0 saturated heterocycles. The fraction of sp³-hybridized carbons (Fsp3) is 0.105. The summed E-state index contributed by atoms with van der Waals surface area (Å²) in [6.45, 7) is 1.65. The Bertz CT molecular complexity index is 883. The Morgan fingerprint density at radius 3 is 2.50 bits per heavy atom. The molecule has 2 aromatic carbocycles. The Balaban J connectivity index is 1.59. The van der Waals surface area contributed by atoms with Crippen LogP contribution in [0, 0.1) is 0 Å². The molecule has 0 radical (unpaired) electrons. The van der Waals surface area contributed by atoms with Crippen LogP contribution in [0.25, 0.3) is 15.9 Å². The smallest absolute Gasteiger partial charge is 0.138 e. The third-order valence-electron chi connectivity index (χ3n) is 4.01. The van der Waals surface area contributed by atoms with Crippen LogP contribution in [0.1, 0.15) is 17.0 Å². The first-order valence-corrected chi connectivity index (χ1v) is 9.28. The van der Waals surface area contributed by atoms with Crippen LogP contribution >= 0.6 is 31.9 Å². The van der Waals surface area contributed by atoms with Crippen molar-refractivity contribution in [2.75, 3.05) is 0 Å². The predicted molar refractivity (Wildman–Crippen MR) is 104 cm³/mol. The number of aromatic nitrogens is 2. The van der Waals surface area contributed by atoms with Crippen LogP contribution in [-0.2, 0) is 13.1 Å². The molecule has 0 bridgehead atoms. The van der Waals surface area contributed by atoms with Crippen LogP contribution in [0.5, 0.6) is 0 Å². The molecule has 1 aliphatic rings. The van der Waals surface area contributed by atoms with Crippen molar-refractivity contribution < 1.29 is 0 Å². The third-order valence-corrected chi connectivity index (χ3v) is 5.14. The summed E-state index contributed by atoms with van der Waals surface area (Å²) in [6.07, 6.45) is 2.14. The van der Waals surface area contributed by atoms with Gasteiger partial charge in [0, 0.05) is 22.8 Å². The molecule has 0 fully saturated rings. The zero-order valence-corrected chi connectivity index (χ0v) is 16.0. The second-order valence-corrected chi connectivity index (χ2v) is 7.55. The second-order valence-electron chi connectivity index (χ2n) is 5.78. The van der Waals surface area contributed by atoms with Gasteiger partial charge in [0.05, 0.1) is 22.4 Å². The molecule has 1 N–H and O–H groups in total. The molecule has 2 heterocycles. The highest BCUT2D eigenvalue weighted by atomic mass is 79.9. The van der Waals surface area contributed by atoms with E-state index in [1.807, 2.05) is 18.2 Å². The summed E-state index contributed by atoms with van der Waals surface area (Å²) in [4.78, 5) is 10.5. The first-order chi connectivity index (χ1) is 11.7. The van der Waals surface area contributed by atoms with E-state index in [-0.39, 0.29) is 0 Å². The monoisotopic (exact) mass is 443 g/mol. The van der Waals surface area contributed by atoms with Crippen molar-refractivity contribution in [2.24, 2.45) is 0 Å². The van der Waals surface area contributed by atoms with E-state index in [4.69, 9.17) is 4.98 Å². The minimum Gasteiger partial charge on any atom is -0.366 e. The molecule has 0 unspecified atom stereocenters. The van der Waals surface area contributed by atoms with Crippen LogP contribution in [-0.4, -0.2) is 14.9 Å². The van der Waals surface area contributed by atoms with E-state index in [0.29, 0.717) is 0 Å². The molecule has 0 saturated carbocycles. The van der Waals surface area contributed by atoms with E-state index in [1.54, 1.807) is 0 Å². The average molecular weight is 445 g/mol. The van der Waals surface area contributed by atoms with Gasteiger partial charge in [-0.1, -0.05) is 58.4 Å². The second kappa shape index (κ2) is 6.57. The topological polar surface area (TPSA) is 31.9 Å². The molecular formula is C19H15Br2N3. The first kappa shape index (κ1) is 15.7. The Morgan fingerprint density at radius 2 is 1.75 bits per heavy atom. The van der Waals surface area contributed by atoms with E-state index in [0.717, 1.165) is 44.8 Å². The van der Waals surface area contributed by atoms with Gasteiger partial charge in [-0.2, -0.15) is 0 Å². The maximum atomic E-state index is 4.80. The molecule has 3 nitrogen and oxygen atoms in total. The van der Waals surface area contributed by atoms with Gasteiger partial charge in [-0.3, -0.25) is 0 Å². The van der Waals surface area contributed by atoms with Crippen LogP contribution in [0.2, 0.25) is 0 Å². The largest absolute Gasteiger partial charge is 0.366 e. The number of hydrogen-bond acceptors (Lipinski definition) is 2. The molecule has 0 amide bonds. The fourth-order valence-corrected chi connectivity index (χ4v) is 3.72. The predicted octanol–water partition coefficient (Wildman–Crippen LogP) is 5.55. The maximum absolute atomic E-state index is 4.80. The zero-order chi connectivity index (χ0) is 16.5. The first-order valence-electron chi connectivity index (χ1n) is 7.69.